The zero-order valence-corrected chi connectivity index (χ0v) is 9.35. The zero-order chi connectivity index (χ0) is 7.56. The van der Waals surface area contributed by atoms with E-state index in [9.17, 15) is 0 Å². The zero-order valence-electron chi connectivity index (χ0n) is 5.60. The lowest BCUT2D eigenvalue weighted by Crippen LogP contribution is -1.81. The van der Waals surface area contributed by atoms with E-state index in [4.69, 9.17) is 4.42 Å². The van der Waals surface area contributed by atoms with Gasteiger partial charge in [0.1, 0.15) is 12.0 Å². The third kappa shape index (κ3) is 1.99. The fourth-order valence-corrected chi connectivity index (χ4v) is 1.34. The fourth-order valence-electron chi connectivity index (χ4n) is 0.694. The summed E-state index contributed by atoms with van der Waals surface area (Å²) in [5.74, 6) is 1.05. The first-order valence-corrected chi connectivity index (χ1v) is 5.16. The summed E-state index contributed by atoms with van der Waals surface area (Å²) in [6, 6.07) is 2.01. The molecule has 10 heavy (non-hydrogen) atoms. The molecule has 0 fully saturated rings. The van der Waals surface area contributed by atoms with Crippen molar-refractivity contribution in [2.75, 3.05) is 0 Å². The number of halogens is 2. The van der Waals surface area contributed by atoms with Gasteiger partial charge in [0, 0.05) is 0 Å². The van der Waals surface area contributed by atoms with Crippen LogP contribution in [0, 0.1) is 0 Å². The molecule has 0 unspecified atom stereocenters. The number of furan rings is 1. The molecule has 3 heteroatoms. The Bertz CT molecular complexity index is 209. The predicted octanol–water partition coefficient (Wildman–Crippen LogP) is 3.93. The highest BCUT2D eigenvalue weighted by molar-refractivity contribution is 14.1. The van der Waals surface area contributed by atoms with Gasteiger partial charge in [-0.3, -0.25) is 0 Å². The molecule has 0 N–H and O–H groups in total. The second-order valence-corrected chi connectivity index (χ2v) is 4.46. The van der Waals surface area contributed by atoms with Gasteiger partial charge in [-0.25, -0.2) is 0 Å². The first-order valence-electron chi connectivity index (χ1n) is 3.12. The van der Waals surface area contributed by atoms with Gasteiger partial charge in [-0.05, 0) is 28.4 Å². The molecule has 1 heterocycles. The maximum atomic E-state index is 5.26. The van der Waals surface area contributed by atoms with Crippen LogP contribution in [0.2, 0.25) is 0 Å². The lowest BCUT2D eigenvalue weighted by molar-refractivity contribution is 0.507. The Morgan fingerprint density at radius 1 is 1.80 bits per heavy atom. The van der Waals surface area contributed by atoms with Crippen LogP contribution >= 0.6 is 38.5 Å². The van der Waals surface area contributed by atoms with Crippen molar-refractivity contribution in [2.24, 2.45) is 0 Å². The third-order valence-corrected chi connectivity index (χ3v) is 3.17. The summed E-state index contributed by atoms with van der Waals surface area (Å²) in [5.41, 5.74) is 0. The van der Waals surface area contributed by atoms with E-state index in [0.29, 0.717) is 3.92 Å². The summed E-state index contributed by atoms with van der Waals surface area (Å²) in [5, 5.41) is 0. The average molecular weight is 315 g/mol. The highest BCUT2D eigenvalue weighted by Gasteiger charge is 2.07. The molecular formula is C7H8BrIO. The molecular weight excluding hydrogens is 307 g/mol. The fraction of sp³-hybridized carbons (Fsp3) is 0.429. The monoisotopic (exact) mass is 314 g/mol. The molecule has 0 aliphatic heterocycles. The van der Waals surface area contributed by atoms with Crippen LogP contribution in [0.1, 0.15) is 23.0 Å². The minimum absolute atomic E-state index is 0.504. The number of hydrogen-bond acceptors (Lipinski definition) is 1. The lowest BCUT2D eigenvalue weighted by atomic mass is 10.3. The normalized spacial score (nSPS) is 13.5. The summed E-state index contributed by atoms with van der Waals surface area (Å²) in [7, 11) is 0. The summed E-state index contributed by atoms with van der Waals surface area (Å²) < 4.78 is 6.79. The van der Waals surface area contributed by atoms with Crippen LogP contribution in [-0.2, 0) is 0 Å². The maximum Gasteiger partial charge on any atom is 0.117 e. The first kappa shape index (κ1) is 8.59. The van der Waals surface area contributed by atoms with Crippen molar-refractivity contribution in [3.63, 3.8) is 0 Å². The molecule has 0 spiro atoms. The second-order valence-electron chi connectivity index (χ2n) is 2.04. The second kappa shape index (κ2) is 3.76. The van der Waals surface area contributed by atoms with Crippen molar-refractivity contribution in [3.8, 4) is 0 Å². The van der Waals surface area contributed by atoms with Crippen molar-refractivity contribution in [1.29, 1.82) is 0 Å². The van der Waals surface area contributed by atoms with Crippen LogP contribution in [0.5, 0.6) is 0 Å². The van der Waals surface area contributed by atoms with Crippen LogP contribution < -0.4 is 0 Å². The van der Waals surface area contributed by atoms with Crippen molar-refractivity contribution in [1.82, 2.24) is 0 Å². The van der Waals surface area contributed by atoms with Gasteiger partial charge in [-0.2, -0.15) is 0 Å². The largest absolute Gasteiger partial charge is 0.467 e. The summed E-state index contributed by atoms with van der Waals surface area (Å²) >= 11 is 5.70. The molecule has 0 aliphatic rings. The van der Waals surface area contributed by atoms with E-state index >= 15 is 0 Å². The van der Waals surface area contributed by atoms with E-state index in [0.717, 1.165) is 16.7 Å². The van der Waals surface area contributed by atoms with E-state index in [-0.39, 0.29) is 0 Å². The Hall–Kier alpha value is 0.490. The SMILES string of the molecule is CC[C@@H](I)c1cc(Br)co1. The predicted molar refractivity (Wildman–Crippen MR) is 53.5 cm³/mol. The van der Waals surface area contributed by atoms with E-state index in [1.165, 1.54) is 0 Å². The van der Waals surface area contributed by atoms with E-state index in [2.05, 4.69) is 45.4 Å². The highest BCUT2D eigenvalue weighted by Crippen LogP contribution is 2.29. The summed E-state index contributed by atoms with van der Waals surface area (Å²) in [4.78, 5) is 0. The number of hydrogen-bond donors (Lipinski definition) is 0. The molecule has 1 atom stereocenters. The minimum atomic E-state index is 0.504. The Balaban J connectivity index is 2.74. The topological polar surface area (TPSA) is 13.1 Å². The molecule has 1 nitrogen and oxygen atoms in total. The lowest BCUT2D eigenvalue weighted by Gasteiger charge is -1.99. The molecule has 0 aromatic carbocycles. The molecule has 0 saturated heterocycles. The molecule has 0 amide bonds. The van der Waals surface area contributed by atoms with Gasteiger partial charge < -0.3 is 4.42 Å². The van der Waals surface area contributed by atoms with E-state index in [1.54, 1.807) is 6.26 Å². The number of alkyl halides is 1. The highest BCUT2D eigenvalue weighted by atomic mass is 127. The van der Waals surface area contributed by atoms with Crippen molar-refractivity contribution >= 4 is 38.5 Å². The molecule has 0 aliphatic carbocycles. The minimum Gasteiger partial charge on any atom is -0.467 e. The maximum absolute atomic E-state index is 5.26. The van der Waals surface area contributed by atoms with Gasteiger partial charge in [-0.15, -0.1) is 0 Å². The van der Waals surface area contributed by atoms with Crippen molar-refractivity contribution in [2.45, 2.75) is 17.3 Å². The third-order valence-electron chi connectivity index (χ3n) is 1.25. The van der Waals surface area contributed by atoms with Gasteiger partial charge in [0.2, 0.25) is 0 Å². The quantitative estimate of drug-likeness (QED) is 0.595. The number of rotatable bonds is 2. The van der Waals surface area contributed by atoms with Crippen LogP contribution in [0.4, 0.5) is 0 Å². The van der Waals surface area contributed by atoms with Gasteiger partial charge in [-0.1, -0.05) is 29.5 Å². The van der Waals surface area contributed by atoms with Gasteiger partial charge >= 0.3 is 0 Å². The standard InChI is InChI=1S/C7H8BrIO/c1-2-6(9)7-3-5(8)4-10-7/h3-4,6H,2H2,1H3/t6-/m1/s1. The van der Waals surface area contributed by atoms with Crippen LogP contribution in [0.15, 0.2) is 21.2 Å². The molecule has 0 saturated carbocycles. The molecule has 0 bridgehead atoms. The van der Waals surface area contributed by atoms with Gasteiger partial charge in [0.05, 0.1) is 8.40 Å². The molecule has 1 rings (SSSR count). The molecule has 56 valence electrons. The Labute approximate surface area is 82.4 Å². The van der Waals surface area contributed by atoms with E-state index < -0.39 is 0 Å². The smallest absolute Gasteiger partial charge is 0.117 e. The Morgan fingerprint density at radius 2 is 2.50 bits per heavy atom. The van der Waals surface area contributed by atoms with Crippen molar-refractivity contribution < 1.29 is 4.42 Å². The van der Waals surface area contributed by atoms with Gasteiger partial charge in [0.25, 0.3) is 0 Å². The van der Waals surface area contributed by atoms with Crippen molar-refractivity contribution in [3.05, 3.63) is 22.6 Å². The first-order chi connectivity index (χ1) is 4.74. The molecule has 0 radical (unpaired) electrons. The Morgan fingerprint density at radius 3 is 2.90 bits per heavy atom. The van der Waals surface area contributed by atoms with Gasteiger partial charge in [0.15, 0.2) is 0 Å². The van der Waals surface area contributed by atoms with E-state index in [1.807, 2.05) is 6.07 Å². The summed E-state index contributed by atoms with van der Waals surface area (Å²) in [6.45, 7) is 2.15. The molecule has 1 aromatic rings. The average Bonchev–Trinajstić information content (AvgIpc) is 2.34. The van der Waals surface area contributed by atoms with Crippen LogP contribution in [-0.4, -0.2) is 0 Å². The Kier molecular flexibility index (Phi) is 3.23. The van der Waals surface area contributed by atoms with Crippen LogP contribution in [0.3, 0.4) is 0 Å². The summed E-state index contributed by atoms with van der Waals surface area (Å²) in [6.07, 6.45) is 2.83. The van der Waals surface area contributed by atoms with Crippen LogP contribution in [0.25, 0.3) is 0 Å². The molecule has 1 aromatic heterocycles.